The van der Waals surface area contributed by atoms with Gasteiger partial charge in [0.1, 0.15) is 0 Å². The average molecular weight is 256 g/mol. The molecule has 0 radical (unpaired) electrons. The molecule has 1 aromatic rings. The molecule has 0 aliphatic heterocycles. The normalized spacial score (nSPS) is 11.3. The van der Waals surface area contributed by atoms with Crippen LogP contribution in [0.2, 0.25) is 5.02 Å². The van der Waals surface area contributed by atoms with Crippen LogP contribution in [0.25, 0.3) is 0 Å². The van der Waals surface area contributed by atoms with Crippen LogP contribution in [0.1, 0.15) is 0 Å². The first-order valence-electron chi connectivity index (χ1n) is 3.21. The van der Waals surface area contributed by atoms with Gasteiger partial charge >= 0.3 is 0 Å². The van der Waals surface area contributed by atoms with Gasteiger partial charge in [-0.2, -0.15) is 0 Å². The van der Waals surface area contributed by atoms with E-state index in [4.69, 9.17) is 22.3 Å². The molecule has 0 spiro atoms. The second-order valence-corrected chi connectivity index (χ2v) is 5.19. The van der Waals surface area contributed by atoms with Gasteiger partial charge in [0.25, 0.3) is 14.7 Å². The van der Waals surface area contributed by atoms with Gasteiger partial charge in [0, 0.05) is 16.7 Å². The first-order valence-corrected chi connectivity index (χ1v) is 5.90. The summed E-state index contributed by atoms with van der Waals surface area (Å²) in [5, 5.41) is 10.2. The van der Waals surface area contributed by atoms with Crippen LogP contribution in [0.4, 0.5) is 5.69 Å². The van der Waals surface area contributed by atoms with Crippen molar-refractivity contribution in [2.24, 2.45) is 0 Å². The summed E-state index contributed by atoms with van der Waals surface area (Å²) in [5.41, 5.74) is -0.632. The Morgan fingerprint density at radius 1 is 1.36 bits per heavy atom. The predicted molar refractivity (Wildman–Crippen MR) is 51.1 cm³/mol. The summed E-state index contributed by atoms with van der Waals surface area (Å²) in [6, 6.07) is 3.50. The molecule has 5 nitrogen and oxygen atoms in total. The molecule has 0 saturated heterocycles. The van der Waals surface area contributed by atoms with Gasteiger partial charge in [-0.25, -0.2) is 8.42 Å². The molecule has 1 aromatic carbocycles. The van der Waals surface area contributed by atoms with Crippen LogP contribution in [0.15, 0.2) is 23.1 Å². The molecule has 8 heteroatoms. The molecular weight excluding hydrogens is 253 g/mol. The van der Waals surface area contributed by atoms with Crippen LogP contribution in [0.5, 0.6) is 0 Å². The quantitative estimate of drug-likeness (QED) is 0.461. The summed E-state index contributed by atoms with van der Waals surface area (Å²) >= 11 is 5.49. The molecule has 0 aliphatic rings. The van der Waals surface area contributed by atoms with Gasteiger partial charge in [-0.05, 0) is 6.07 Å². The Labute approximate surface area is 88.8 Å². The van der Waals surface area contributed by atoms with E-state index < -0.39 is 24.6 Å². The topological polar surface area (TPSA) is 77.3 Å². The highest BCUT2D eigenvalue weighted by molar-refractivity contribution is 8.14. The average Bonchev–Trinajstić information content (AvgIpc) is 2.01. The van der Waals surface area contributed by atoms with Gasteiger partial charge in [-0.15, -0.1) is 0 Å². The van der Waals surface area contributed by atoms with E-state index in [1.807, 2.05) is 0 Å². The minimum Gasteiger partial charge on any atom is -0.258 e. The SMILES string of the molecule is O=[N+]([O-])c1cccc(Cl)c1S(=O)(=O)Cl. The first-order chi connectivity index (χ1) is 6.34. The van der Waals surface area contributed by atoms with E-state index in [1.165, 1.54) is 12.1 Å². The number of hydrogen-bond acceptors (Lipinski definition) is 4. The van der Waals surface area contributed by atoms with Gasteiger partial charge in [0.15, 0.2) is 4.90 Å². The Kier molecular flexibility index (Phi) is 2.98. The summed E-state index contributed by atoms with van der Waals surface area (Å²) in [4.78, 5) is 8.91. The van der Waals surface area contributed by atoms with E-state index >= 15 is 0 Å². The zero-order chi connectivity index (χ0) is 10.9. The Hall–Kier alpha value is -0.850. The van der Waals surface area contributed by atoms with Crippen LogP contribution in [-0.4, -0.2) is 13.3 Å². The van der Waals surface area contributed by atoms with Crippen LogP contribution in [-0.2, 0) is 9.05 Å². The van der Waals surface area contributed by atoms with Crippen molar-refractivity contribution in [1.29, 1.82) is 0 Å². The highest BCUT2D eigenvalue weighted by Gasteiger charge is 2.26. The highest BCUT2D eigenvalue weighted by atomic mass is 35.7. The molecule has 0 unspecified atom stereocenters. The first kappa shape index (κ1) is 11.2. The smallest absolute Gasteiger partial charge is 0.258 e. The van der Waals surface area contributed by atoms with Gasteiger partial charge in [0.2, 0.25) is 0 Å². The lowest BCUT2D eigenvalue weighted by Crippen LogP contribution is -1.99. The van der Waals surface area contributed by atoms with E-state index in [1.54, 1.807) is 0 Å². The van der Waals surface area contributed by atoms with Crippen LogP contribution >= 0.6 is 22.3 Å². The van der Waals surface area contributed by atoms with Crippen molar-refractivity contribution in [3.05, 3.63) is 33.3 Å². The monoisotopic (exact) mass is 255 g/mol. The minimum atomic E-state index is -4.21. The molecule has 76 valence electrons. The number of halogens is 2. The highest BCUT2D eigenvalue weighted by Crippen LogP contribution is 2.32. The molecule has 0 aliphatic carbocycles. The van der Waals surface area contributed by atoms with Crippen molar-refractivity contribution in [2.75, 3.05) is 0 Å². The molecule has 0 N–H and O–H groups in total. The molecule has 0 aromatic heterocycles. The maximum Gasteiger partial charge on any atom is 0.290 e. The van der Waals surface area contributed by atoms with E-state index in [-0.39, 0.29) is 5.02 Å². The van der Waals surface area contributed by atoms with Crippen molar-refractivity contribution in [1.82, 2.24) is 0 Å². The van der Waals surface area contributed by atoms with Crippen molar-refractivity contribution in [3.8, 4) is 0 Å². The van der Waals surface area contributed by atoms with Gasteiger partial charge in [0.05, 0.1) is 9.95 Å². The number of rotatable bonds is 2. The lowest BCUT2D eigenvalue weighted by molar-refractivity contribution is -0.387. The van der Waals surface area contributed by atoms with E-state index in [0.717, 1.165) is 6.07 Å². The van der Waals surface area contributed by atoms with Crippen LogP contribution in [0.3, 0.4) is 0 Å². The molecule has 0 bridgehead atoms. The molecule has 1 rings (SSSR count). The number of benzene rings is 1. The second kappa shape index (κ2) is 3.72. The van der Waals surface area contributed by atoms with Crippen molar-refractivity contribution in [3.63, 3.8) is 0 Å². The minimum absolute atomic E-state index is 0.269. The maximum absolute atomic E-state index is 11.0. The van der Waals surface area contributed by atoms with E-state index in [0.29, 0.717) is 0 Å². The molecule has 0 heterocycles. The molecule has 0 fully saturated rings. The summed E-state index contributed by atoms with van der Waals surface area (Å²) in [6.45, 7) is 0. The number of hydrogen-bond donors (Lipinski definition) is 0. The zero-order valence-corrected chi connectivity index (χ0v) is 8.80. The molecule has 0 atom stereocenters. The third-order valence-electron chi connectivity index (χ3n) is 1.39. The van der Waals surface area contributed by atoms with Crippen LogP contribution in [0, 0.1) is 10.1 Å². The fourth-order valence-electron chi connectivity index (χ4n) is 0.883. The molecule has 0 amide bonds. The van der Waals surface area contributed by atoms with E-state index in [9.17, 15) is 18.5 Å². The standard InChI is InChI=1S/C6H3Cl2NO4S/c7-4-2-1-3-5(9(10)11)6(4)14(8,12)13/h1-3H. The molecule has 14 heavy (non-hydrogen) atoms. The summed E-state index contributed by atoms with van der Waals surface area (Å²) in [6.07, 6.45) is 0. The number of nitro groups is 1. The Morgan fingerprint density at radius 3 is 2.29 bits per heavy atom. The lowest BCUT2D eigenvalue weighted by Gasteiger charge is -2.00. The summed E-state index contributed by atoms with van der Waals surface area (Å²) < 4.78 is 21.9. The zero-order valence-electron chi connectivity index (χ0n) is 6.48. The Balaban J connectivity index is 3.62. The van der Waals surface area contributed by atoms with Gasteiger partial charge in [-0.3, -0.25) is 10.1 Å². The van der Waals surface area contributed by atoms with Crippen molar-refractivity contribution < 1.29 is 13.3 Å². The van der Waals surface area contributed by atoms with Crippen LogP contribution < -0.4 is 0 Å². The fraction of sp³-hybridized carbons (Fsp3) is 0. The third kappa shape index (κ3) is 2.14. The second-order valence-electron chi connectivity index (χ2n) is 2.28. The largest absolute Gasteiger partial charge is 0.290 e. The summed E-state index contributed by atoms with van der Waals surface area (Å²) in [7, 11) is 0.786. The number of nitro benzene ring substituents is 1. The van der Waals surface area contributed by atoms with Crippen molar-refractivity contribution >= 4 is 37.0 Å². The Bertz CT molecular complexity index is 485. The van der Waals surface area contributed by atoms with Gasteiger partial charge in [-0.1, -0.05) is 17.7 Å². The summed E-state index contributed by atoms with van der Waals surface area (Å²) in [5.74, 6) is 0. The Morgan fingerprint density at radius 2 is 1.93 bits per heavy atom. The van der Waals surface area contributed by atoms with Gasteiger partial charge < -0.3 is 0 Å². The fourth-order valence-corrected chi connectivity index (χ4v) is 2.66. The lowest BCUT2D eigenvalue weighted by atomic mass is 10.3. The molecule has 0 saturated carbocycles. The van der Waals surface area contributed by atoms with E-state index in [2.05, 4.69) is 0 Å². The maximum atomic E-state index is 11.0. The number of nitrogens with zero attached hydrogens (tertiary/aromatic N) is 1. The molecular formula is C6H3Cl2NO4S. The predicted octanol–water partition coefficient (Wildman–Crippen LogP) is 2.18. The van der Waals surface area contributed by atoms with Crippen molar-refractivity contribution in [2.45, 2.75) is 4.90 Å². The third-order valence-corrected chi connectivity index (χ3v) is 3.19.